The Labute approximate surface area is 120 Å². The van der Waals surface area contributed by atoms with Crippen molar-refractivity contribution in [2.45, 2.75) is 38.0 Å². The van der Waals surface area contributed by atoms with Crippen LogP contribution in [0.25, 0.3) is 0 Å². The number of hydrogen-bond donors (Lipinski definition) is 1. The smallest absolute Gasteiger partial charge is 0.139 e. The average Bonchev–Trinajstić information content (AvgIpc) is 2.48. The third-order valence-electron chi connectivity index (χ3n) is 3.99. The predicted molar refractivity (Wildman–Crippen MR) is 77.6 cm³/mol. The van der Waals surface area contributed by atoms with Crippen LogP contribution in [0, 0.1) is 0 Å². The molecule has 1 fully saturated rings. The van der Waals surface area contributed by atoms with E-state index in [1.165, 1.54) is 5.56 Å². The van der Waals surface area contributed by atoms with Gasteiger partial charge in [0.25, 0.3) is 0 Å². The standard InChI is InChI=1S/C16H23NO3/c1-13-16(11-19)17(15(8-10-18)12-20-13)9-7-14-5-3-2-4-6-14/h2-6,11,13,15-16,18H,7-10,12H2,1H3/t13?,15-,16?/m0/s1. The van der Waals surface area contributed by atoms with Gasteiger partial charge in [0.15, 0.2) is 0 Å². The second kappa shape index (κ2) is 7.53. The van der Waals surface area contributed by atoms with Crippen LogP contribution in [0.3, 0.4) is 0 Å². The number of ether oxygens (including phenoxy) is 1. The fourth-order valence-corrected chi connectivity index (χ4v) is 2.79. The molecule has 3 atom stereocenters. The van der Waals surface area contributed by atoms with Crippen LogP contribution in [-0.2, 0) is 16.0 Å². The Morgan fingerprint density at radius 3 is 2.80 bits per heavy atom. The Morgan fingerprint density at radius 2 is 2.15 bits per heavy atom. The van der Waals surface area contributed by atoms with Crippen molar-refractivity contribution in [1.29, 1.82) is 0 Å². The largest absolute Gasteiger partial charge is 0.396 e. The van der Waals surface area contributed by atoms with E-state index in [4.69, 9.17) is 4.74 Å². The van der Waals surface area contributed by atoms with Crippen molar-refractivity contribution in [3.8, 4) is 0 Å². The SMILES string of the molecule is CC1OC[C@H](CCO)N(CCc2ccccc2)C1C=O. The van der Waals surface area contributed by atoms with E-state index >= 15 is 0 Å². The highest BCUT2D eigenvalue weighted by molar-refractivity contribution is 5.59. The first-order valence-electron chi connectivity index (χ1n) is 7.23. The summed E-state index contributed by atoms with van der Waals surface area (Å²) in [5, 5.41) is 9.18. The monoisotopic (exact) mass is 277 g/mol. The molecule has 1 saturated heterocycles. The summed E-state index contributed by atoms with van der Waals surface area (Å²) in [4.78, 5) is 13.5. The molecule has 1 N–H and O–H groups in total. The van der Waals surface area contributed by atoms with E-state index < -0.39 is 0 Å². The van der Waals surface area contributed by atoms with Gasteiger partial charge in [-0.3, -0.25) is 4.90 Å². The summed E-state index contributed by atoms with van der Waals surface area (Å²) in [5.41, 5.74) is 1.26. The van der Waals surface area contributed by atoms with Crippen LogP contribution < -0.4 is 0 Å². The van der Waals surface area contributed by atoms with Gasteiger partial charge in [-0.15, -0.1) is 0 Å². The van der Waals surface area contributed by atoms with E-state index in [0.717, 1.165) is 19.3 Å². The number of rotatable bonds is 6. The highest BCUT2D eigenvalue weighted by atomic mass is 16.5. The van der Waals surface area contributed by atoms with E-state index in [-0.39, 0.29) is 24.8 Å². The molecule has 0 radical (unpaired) electrons. The van der Waals surface area contributed by atoms with E-state index in [9.17, 15) is 9.90 Å². The first kappa shape index (κ1) is 15.2. The van der Waals surface area contributed by atoms with E-state index in [2.05, 4.69) is 17.0 Å². The first-order chi connectivity index (χ1) is 9.76. The van der Waals surface area contributed by atoms with Gasteiger partial charge in [-0.2, -0.15) is 0 Å². The minimum Gasteiger partial charge on any atom is -0.396 e. The maximum Gasteiger partial charge on any atom is 0.139 e. The van der Waals surface area contributed by atoms with Crippen molar-refractivity contribution in [3.63, 3.8) is 0 Å². The molecule has 2 unspecified atom stereocenters. The predicted octanol–water partition coefficient (Wildman–Crippen LogP) is 1.27. The minimum absolute atomic E-state index is 0.0850. The average molecular weight is 277 g/mol. The molecule has 0 saturated carbocycles. The van der Waals surface area contributed by atoms with E-state index in [1.807, 2.05) is 25.1 Å². The van der Waals surface area contributed by atoms with Crippen molar-refractivity contribution < 1.29 is 14.6 Å². The van der Waals surface area contributed by atoms with Gasteiger partial charge in [0.1, 0.15) is 6.29 Å². The third-order valence-corrected chi connectivity index (χ3v) is 3.99. The summed E-state index contributed by atoms with van der Waals surface area (Å²) in [5.74, 6) is 0. The van der Waals surface area contributed by atoms with Gasteiger partial charge in [0.2, 0.25) is 0 Å². The molecule has 1 aliphatic rings. The van der Waals surface area contributed by atoms with Gasteiger partial charge in [0, 0.05) is 19.2 Å². The maximum absolute atomic E-state index is 11.4. The quantitative estimate of drug-likeness (QED) is 0.796. The fraction of sp³-hybridized carbons (Fsp3) is 0.562. The molecule has 110 valence electrons. The third kappa shape index (κ3) is 3.66. The lowest BCUT2D eigenvalue weighted by Crippen LogP contribution is -2.57. The van der Waals surface area contributed by atoms with Crippen LogP contribution in [0.2, 0.25) is 0 Å². The second-order valence-corrected chi connectivity index (χ2v) is 5.30. The van der Waals surface area contributed by atoms with Gasteiger partial charge in [-0.05, 0) is 25.3 Å². The number of carbonyl (C=O) groups excluding carboxylic acids is 1. The Hall–Kier alpha value is -1.23. The van der Waals surface area contributed by atoms with Crippen molar-refractivity contribution in [3.05, 3.63) is 35.9 Å². The number of morpholine rings is 1. The Kier molecular flexibility index (Phi) is 5.71. The summed E-state index contributed by atoms with van der Waals surface area (Å²) in [6.45, 7) is 3.45. The van der Waals surface area contributed by atoms with E-state index in [0.29, 0.717) is 13.0 Å². The molecule has 2 rings (SSSR count). The number of aliphatic hydroxyl groups excluding tert-OH is 1. The lowest BCUT2D eigenvalue weighted by Gasteiger charge is -2.43. The molecule has 20 heavy (non-hydrogen) atoms. The van der Waals surface area contributed by atoms with E-state index in [1.54, 1.807) is 0 Å². The molecular formula is C16H23NO3. The fourth-order valence-electron chi connectivity index (χ4n) is 2.79. The van der Waals surface area contributed by atoms with Crippen molar-refractivity contribution in [1.82, 2.24) is 4.90 Å². The molecule has 0 aliphatic carbocycles. The molecule has 1 heterocycles. The van der Waals surface area contributed by atoms with Gasteiger partial charge < -0.3 is 14.6 Å². The van der Waals surface area contributed by atoms with Crippen LogP contribution >= 0.6 is 0 Å². The molecule has 0 spiro atoms. The maximum atomic E-state index is 11.4. The normalized spacial score (nSPS) is 27.4. The van der Waals surface area contributed by atoms with Gasteiger partial charge in [-0.1, -0.05) is 30.3 Å². The lowest BCUT2D eigenvalue weighted by atomic mass is 10.0. The first-order valence-corrected chi connectivity index (χ1v) is 7.23. The van der Waals surface area contributed by atoms with Gasteiger partial charge >= 0.3 is 0 Å². The molecule has 0 aromatic heterocycles. The molecule has 1 aromatic rings. The summed E-state index contributed by atoms with van der Waals surface area (Å²) >= 11 is 0. The van der Waals surface area contributed by atoms with Crippen LogP contribution in [0.5, 0.6) is 0 Å². The summed E-state index contributed by atoms with van der Waals surface area (Å²) in [7, 11) is 0. The molecule has 0 bridgehead atoms. The summed E-state index contributed by atoms with van der Waals surface area (Å²) in [6.07, 6.45) is 2.43. The highest BCUT2D eigenvalue weighted by Crippen LogP contribution is 2.20. The Bertz CT molecular complexity index is 409. The number of hydrogen-bond acceptors (Lipinski definition) is 4. The Balaban J connectivity index is 2.03. The van der Waals surface area contributed by atoms with Crippen LogP contribution in [0.1, 0.15) is 18.9 Å². The number of aldehydes is 1. The lowest BCUT2D eigenvalue weighted by molar-refractivity contribution is -0.133. The molecule has 1 aromatic carbocycles. The molecule has 1 aliphatic heterocycles. The zero-order valence-corrected chi connectivity index (χ0v) is 11.9. The van der Waals surface area contributed by atoms with Crippen LogP contribution in [-0.4, -0.2) is 54.2 Å². The second-order valence-electron chi connectivity index (χ2n) is 5.30. The number of benzene rings is 1. The zero-order valence-electron chi connectivity index (χ0n) is 11.9. The van der Waals surface area contributed by atoms with Gasteiger partial charge in [0.05, 0.1) is 18.8 Å². The zero-order chi connectivity index (χ0) is 14.4. The van der Waals surface area contributed by atoms with Crippen LogP contribution in [0.15, 0.2) is 30.3 Å². The van der Waals surface area contributed by atoms with Crippen LogP contribution in [0.4, 0.5) is 0 Å². The van der Waals surface area contributed by atoms with Crippen molar-refractivity contribution in [2.75, 3.05) is 19.8 Å². The Morgan fingerprint density at radius 1 is 1.40 bits per heavy atom. The number of aliphatic hydroxyl groups is 1. The molecule has 4 heteroatoms. The van der Waals surface area contributed by atoms with Crippen molar-refractivity contribution >= 4 is 6.29 Å². The number of carbonyl (C=O) groups is 1. The van der Waals surface area contributed by atoms with Crippen molar-refractivity contribution in [2.24, 2.45) is 0 Å². The highest BCUT2D eigenvalue weighted by Gasteiger charge is 2.35. The number of nitrogens with zero attached hydrogens (tertiary/aromatic N) is 1. The summed E-state index contributed by atoms with van der Waals surface area (Å²) < 4.78 is 5.64. The van der Waals surface area contributed by atoms with Gasteiger partial charge in [-0.25, -0.2) is 0 Å². The topological polar surface area (TPSA) is 49.8 Å². The molecular weight excluding hydrogens is 254 g/mol. The molecule has 0 amide bonds. The minimum atomic E-state index is -0.219. The summed E-state index contributed by atoms with van der Waals surface area (Å²) in [6, 6.07) is 10.2. The molecule has 4 nitrogen and oxygen atoms in total.